The molecule has 0 aliphatic rings. The Morgan fingerprint density at radius 1 is 0.696 bits per heavy atom. The number of carbonyl (C=O) groups excluding carboxylic acids is 2. The van der Waals surface area contributed by atoms with E-state index in [-0.39, 0.29) is 11.9 Å². The van der Waals surface area contributed by atoms with Crippen molar-refractivity contribution in [2.45, 2.75) is 71.6 Å². The van der Waals surface area contributed by atoms with Crippen LogP contribution in [-0.2, 0) is 19.1 Å². The minimum Gasteiger partial charge on any atom is -0.463 e. The number of rotatable bonds is 13. The predicted octanol–water partition coefficient (Wildman–Crippen LogP) is 4.98. The molecule has 0 fully saturated rings. The van der Waals surface area contributed by atoms with Gasteiger partial charge in [-0.2, -0.15) is 0 Å². The standard InChI is InChI=1S/C10H18O2.C9H16O2/c1-3-5-6-7-8-9-12-10(11)4-2;1-3-5-6-7-8-11-9(10)4-2/h4H,2-3,5-9H2,1H3;4H,2-3,5-8H2,1H3. The van der Waals surface area contributed by atoms with Gasteiger partial charge in [-0.1, -0.05) is 72.0 Å². The molecule has 0 radical (unpaired) electrons. The zero-order valence-electron chi connectivity index (χ0n) is 15.0. The Morgan fingerprint density at radius 2 is 1.04 bits per heavy atom. The Morgan fingerprint density at radius 3 is 1.39 bits per heavy atom. The van der Waals surface area contributed by atoms with Gasteiger partial charge in [0.05, 0.1) is 13.2 Å². The van der Waals surface area contributed by atoms with Crippen molar-refractivity contribution < 1.29 is 19.1 Å². The summed E-state index contributed by atoms with van der Waals surface area (Å²) < 4.78 is 9.60. The summed E-state index contributed by atoms with van der Waals surface area (Å²) in [6, 6.07) is 0. The zero-order valence-corrected chi connectivity index (χ0v) is 15.0. The Hall–Kier alpha value is -1.58. The molecule has 23 heavy (non-hydrogen) atoms. The van der Waals surface area contributed by atoms with Gasteiger partial charge in [-0.25, -0.2) is 9.59 Å². The topological polar surface area (TPSA) is 52.6 Å². The van der Waals surface area contributed by atoms with Crippen LogP contribution in [0.4, 0.5) is 0 Å². The molecule has 0 unspecified atom stereocenters. The van der Waals surface area contributed by atoms with E-state index < -0.39 is 0 Å². The molecule has 0 aliphatic heterocycles. The normalized spacial score (nSPS) is 9.30. The lowest BCUT2D eigenvalue weighted by Crippen LogP contribution is -2.01. The largest absolute Gasteiger partial charge is 0.463 e. The van der Waals surface area contributed by atoms with Crippen molar-refractivity contribution in [1.29, 1.82) is 0 Å². The monoisotopic (exact) mass is 326 g/mol. The van der Waals surface area contributed by atoms with Crippen LogP contribution < -0.4 is 0 Å². The van der Waals surface area contributed by atoms with Crippen LogP contribution in [0, 0.1) is 0 Å². The van der Waals surface area contributed by atoms with E-state index in [2.05, 4.69) is 27.0 Å². The zero-order chi connectivity index (χ0) is 17.8. The van der Waals surface area contributed by atoms with Crippen molar-refractivity contribution in [2.75, 3.05) is 13.2 Å². The van der Waals surface area contributed by atoms with E-state index in [4.69, 9.17) is 9.47 Å². The SMILES string of the molecule is C=CC(=O)OCCCCCC.C=CC(=O)OCCCCCCC. The summed E-state index contributed by atoms with van der Waals surface area (Å²) in [5, 5.41) is 0. The highest BCUT2D eigenvalue weighted by Crippen LogP contribution is 2.02. The predicted molar refractivity (Wildman–Crippen MR) is 95.2 cm³/mol. The molecule has 0 aromatic carbocycles. The molecule has 0 rings (SSSR count). The molecule has 0 aromatic heterocycles. The summed E-state index contributed by atoms with van der Waals surface area (Å²) in [6.07, 6.45) is 12.8. The van der Waals surface area contributed by atoms with Gasteiger partial charge in [0, 0.05) is 12.2 Å². The first kappa shape index (κ1) is 23.7. The van der Waals surface area contributed by atoms with Crippen molar-refractivity contribution in [2.24, 2.45) is 0 Å². The van der Waals surface area contributed by atoms with Crippen LogP contribution in [-0.4, -0.2) is 25.2 Å². The quantitative estimate of drug-likeness (QED) is 0.272. The molecule has 4 heteroatoms. The Balaban J connectivity index is 0. The van der Waals surface area contributed by atoms with E-state index in [1.54, 1.807) is 0 Å². The van der Waals surface area contributed by atoms with Crippen LogP contribution in [0.15, 0.2) is 25.3 Å². The minimum atomic E-state index is -0.318. The molecular formula is C19H34O4. The van der Waals surface area contributed by atoms with Gasteiger partial charge in [-0.3, -0.25) is 0 Å². The summed E-state index contributed by atoms with van der Waals surface area (Å²) in [5.41, 5.74) is 0. The van der Waals surface area contributed by atoms with Gasteiger partial charge in [-0.05, 0) is 12.8 Å². The highest BCUT2D eigenvalue weighted by atomic mass is 16.5. The summed E-state index contributed by atoms with van der Waals surface area (Å²) in [5.74, 6) is -0.632. The van der Waals surface area contributed by atoms with E-state index in [1.807, 2.05) is 0 Å². The molecule has 4 nitrogen and oxygen atoms in total. The van der Waals surface area contributed by atoms with E-state index >= 15 is 0 Å². The minimum absolute atomic E-state index is 0.314. The molecule has 134 valence electrons. The highest BCUT2D eigenvalue weighted by molar-refractivity contribution is 5.81. The molecule has 0 amide bonds. The van der Waals surface area contributed by atoms with Crippen LogP contribution >= 0.6 is 0 Å². The molecule has 0 atom stereocenters. The summed E-state index contributed by atoms with van der Waals surface area (Å²) in [4.78, 5) is 21.1. The van der Waals surface area contributed by atoms with E-state index in [0.29, 0.717) is 13.2 Å². The maximum Gasteiger partial charge on any atom is 0.330 e. The summed E-state index contributed by atoms with van der Waals surface area (Å²) >= 11 is 0. The lowest BCUT2D eigenvalue weighted by molar-refractivity contribution is -0.138. The highest BCUT2D eigenvalue weighted by Gasteiger charge is 1.94. The molecule has 0 spiro atoms. The third-order valence-corrected chi connectivity index (χ3v) is 3.07. The second-order valence-corrected chi connectivity index (χ2v) is 5.22. The Kier molecular flexibility index (Phi) is 21.0. The van der Waals surface area contributed by atoms with E-state index in [0.717, 1.165) is 25.7 Å². The van der Waals surface area contributed by atoms with E-state index in [9.17, 15) is 9.59 Å². The van der Waals surface area contributed by atoms with Gasteiger partial charge >= 0.3 is 11.9 Å². The van der Waals surface area contributed by atoms with Gasteiger partial charge in [-0.15, -0.1) is 0 Å². The molecule has 0 saturated heterocycles. The second kappa shape index (κ2) is 20.4. The summed E-state index contributed by atoms with van der Waals surface area (Å²) in [7, 11) is 0. The molecule has 0 saturated carbocycles. The van der Waals surface area contributed by atoms with Crippen LogP contribution in [0.1, 0.15) is 71.6 Å². The summed E-state index contributed by atoms with van der Waals surface area (Å²) in [6.45, 7) is 12.0. The van der Waals surface area contributed by atoms with Crippen LogP contribution in [0.25, 0.3) is 0 Å². The number of hydrogen-bond acceptors (Lipinski definition) is 4. The first-order chi connectivity index (χ1) is 11.1. The van der Waals surface area contributed by atoms with Crippen molar-refractivity contribution in [3.05, 3.63) is 25.3 Å². The third kappa shape index (κ3) is 22.8. The van der Waals surface area contributed by atoms with Crippen LogP contribution in [0.2, 0.25) is 0 Å². The molecular weight excluding hydrogens is 292 g/mol. The maximum absolute atomic E-state index is 10.6. The van der Waals surface area contributed by atoms with Crippen molar-refractivity contribution in [1.82, 2.24) is 0 Å². The second-order valence-electron chi connectivity index (χ2n) is 5.22. The molecule has 0 aromatic rings. The Bertz CT molecular complexity index is 310. The number of carbonyl (C=O) groups is 2. The van der Waals surface area contributed by atoms with Crippen LogP contribution in [0.3, 0.4) is 0 Å². The smallest absolute Gasteiger partial charge is 0.330 e. The Labute approximate surface area is 141 Å². The molecule has 0 heterocycles. The average Bonchev–Trinajstić information content (AvgIpc) is 2.57. The lowest BCUT2D eigenvalue weighted by Gasteiger charge is -2.00. The van der Waals surface area contributed by atoms with Gasteiger partial charge in [0.1, 0.15) is 0 Å². The van der Waals surface area contributed by atoms with Crippen molar-refractivity contribution >= 4 is 11.9 Å². The fraction of sp³-hybridized carbons (Fsp3) is 0.684. The fourth-order valence-corrected chi connectivity index (χ4v) is 1.70. The van der Waals surface area contributed by atoms with Crippen molar-refractivity contribution in [3.63, 3.8) is 0 Å². The fourth-order valence-electron chi connectivity index (χ4n) is 1.70. The number of ether oxygens (including phenoxy) is 2. The molecule has 0 aliphatic carbocycles. The first-order valence-electron chi connectivity index (χ1n) is 8.70. The van der Waals surface area contributed by atoms with Gasteiger partial charge < -0.3 is 9.47 Å². The first-order valence-corrected chi connectivity index (χ1v) is 8.70. The number of hydrogen-bond donors (Lipinski definition) is 0. The van der Waals surface area contributed by atoms with E-state index in [1.165, 1.54) is 44.3 Å². The van der Waals surface area contributed by atoms with Gasteiger partial charge in [0.2, 0.25) is 0 Å². The average molecular weight is 326 g/mol. The number of esters is 2. The molecule has 0 bridgehead atoms. The van der Waals surface area contributed by atoms with Crippen LogP contribution in [0.5, 0.6) is 0 Å². The van der Waals surface area contributed by atoms with Gasteiger partial charge in [0.15, 0.2) is 0 Å². The maximum atomic E-state index is 10.6. The molecule has 0 N–H and O–H groups in total. The van der Waals surface area contributed by atoms with Crippen molar-refractivity contribution in [3.8, 4) is 0 Å². The lowest BCUT2D eigenvalue weighted by atomic mass is 10.2. The van der Waals surface area contributed by atoms with Gasteiger partial charge in [0.25, 0.3) is 0 Å². The third-order valence-electron chi connectivity index (χ3n) is 3.07. The number of unbranched alkanes of at least 4 members (excludes halogenated alkanes) is 7.